The van der Waals surface area contributed by atoms with Gasteiger partial charge in [0.15, 0.2) is 5.16 Å². The summed E-state index contributed by atoms with van der Waals surface area (Å²) in [5, 5.41) is 14.7. The monoisotopic (exact) mass is 313 g/mol. The number of rotatable bonds is 5. The largest absolute Gasteiger partial charge is 0.383 e. The molecule has 0 aliphatic rings. The van der Waals surface area contributed by atoms with E-state index in [1.54, 1.807) is 0 Å². The van der Waals surface area contributed by atoms with Gasteiger partial charge in [-0.15, -0.1) is 19.2 Å². The lowest BCUT2D eigenvalue weighted by atomic mass is 9.75. The predicted molar refractivity (Wildman–Crippen MR) is 71.7 cm³/mol. The van der Waals surface area contributed by atoms with Crippen molar-refractivity contribution in [3.05, 3.63) is 19.0 Å². The molecule has 1 atom stereocenters. The van der Waals surface area contributed by atoms with Crippen molar-refractivity contribution in [3.8, 4) is 0 Å². The zero-order chi connectivity index (χ0) is 14.2. The summed E-state index contributed by atoms with van der Waals surface area (Å²) >= 11 is 15.0. The highest BCUT2D eigenvalue weighted by Crippen LogP contribution is 2.50. The molecule has 1 heterocycles. The summed E-state index contributed by atoms with van der Waals surface area (Å²) in [6.45, 7) is 6.17. The Labute approximate surface area is 120 Å². The lowest BCUT2D eigenvalue weighted by Crippen LogP contribution is -2.53. The van der Waals surface area contributed by atoms with E-state index in [0.717, 1.165) is 0 Å². The number of aromatic nitrogens is 3. The zero-order valence-corrected chi connectivity index (χ0v) is 12.3. The maximum Gasteiger partial charge on any atom is 0.265 e. The highest BCUT2D eigenvalue weighted by atomic mass is 35.5. The third kappa shape index (κ3) is 2.66. The van der Waals surface area contributed by atoms with Crippen molar-refractivity contribution in [3.63, 3.8) is 0 Å². The molecule has 0 saturated carbocycles. The van der Waals surface area contributed by atoms with E-state index in [4.69, 9.17) is 23.2 Å². The minimum atomic E-state index is -2.65. The quantitative estimate of drug-likeness (QED) is 0.499. The van der Waals surface area contributed by atoms with Crippen LogP contribution in [0.5, 0.6) is 0 Å². The van der Waals surface area contributed by atoms with Crippen LogP contribution in [0.4, 0.5) is 4.39 Å². The van der Waals surface area contributed by atoms with Crippen molar-refractivity contribution >= 4 is 35.8 Å². The summed E-state index contributed by atoms with van der Waals surface area (Å²) in [6, 6.07) is 0. The fraction of sp³-hybridized carbons (Fsp3) is 0.600. The van der Waals surface area contributed by atoms with E-state index in [2.05, 4.69) is 29.3 Å². The molecule has 0 aliphatic carbocycles. The van der Waals surface area contributed by atoms with Crippen molar-refractivity contribution in [1.29, 1.82) is 0 Å². The van der Waals surface area contributed by atoms with E-state index in [9.17, 15) is 9.50 Å². The second-order valence-corrected chi connectivity index (χ2v) is 6.10. The second-order valence-electron chi connectivity index (χ2n) is 4.47. The van der Waals surface area contributed by atoms with Gasteiger partial charge in [-0.05, 0) is 0 Å². The van der Waals surface area contributed by atoms with Crippen LogP contribution in [-0.4, -0.2) is 30.1 Å². The Bertz CT molecular complexity index is 447. The van der Waals surface area contributed by atoms with Gasteiger partial charge in [0.1, 0.15) is 11.9 Å². The van der Waals surface area contributed by atoms with Crippen molar-refractivity contribution in [1.82, 2.24) is 14.8 Å². The number of halogens is 3. The zero-order valence-electron chi connectivity index (χ0n) is 9.94. The van der Waals surface area contributed by atoms with Gasteiger partial charge >= 0.3 is 0 Å². The van der Waals surface area contributed by atoms with Crippen molar-refractivity contribution < 1.29 is 9.50 Å². The third-order valence-corrected chi connectivity index (χ3v) is 4.41. The van der Waals surface area contributed by atoms with Crippen molar-refractivity contribution in [2.45, 2.75) is 35.7 Å². The fourth-order valence-corrected chi connectivity index (χ4v) is 1.86. The first-order chi connectivity index (χ1) is 8.05. The third-order valence-electron chi connectivity index (χ3n) is 3.11. The molecular formula is C10H14Cl2FN3OS. The van der Waals surface area contributed by atoms with E-state index in [0.29, 0.717) is 0 Å². The number of alkyl halides is 3. The molecule has 1 aromatic rings. The average Bonchev–Trinajstić information content (AvgIpc) is 2.62. The maximum atomic E-state index is 13.8. The normalized spacial score (nSPS) is 16.4. The Hall–Kier alpha value is -0.300. The molecule has 0 aliphatic heterocycles. The van der Waals surface area contributed by atoms with E-state index in [1.807, 2.05) is 0 Å². The van der Waals surface area contributed by atoms with Gasteiger partial charge in [0, 0.05) is 0 Å². The Morgan fingerprint density at radius 1 is 1.61 bits per heavy atom. The molecule has 0 fully saturated rings. The lowest BCUT2D eigenvalue weighted by molar-refractivity contribution is -0.0737. The first kappa shape index (κ1) is 15.8. The van der Waals surface area contributed by atoms with Gasteiger partial charge in [-0.1, -0.05) is 43.1 Å². The van der Waals surface area contributed by atoms with Gasteiger partial charge in [0.05, 0.1) is 12.0 Å². The van der Waals surface area contributed by atoms with Crippen LogP contribution in [-0.2, 0) is 6.54 Å². The minimum absolute atomic E-state index is 0.118. The molecule has 0 saturated heterocycles. The molecule has 8 heteroatoms. The van der Waals surface area contributed by atoms with Crippen LogP contribution in [0.3, 0.4) is 0 Å². The van der Waals surface area contributed by atoms with E-state index < -0.39 is 15.6 Å². The molecule has 1 N–H and O–H groups in total. The molecule has 0 radical (unpaired) electrons. The summed E-state index contributed by atoms with van der Waals surface area (Å²) in [7, 11) is 0. The molecule has 102 valence electrons. The average molecular weight is 314 g/mol. The number of nitrogens with zero attached hydrogens (tertiary/aromatic N) is 3. The van der Waals surface area contributed by atoms with Gasteiger partial charge in [-0.2, -0.15) is 5.10 Å². The van der Waals surface area contributed by atoms with Crippen LogP contribution in [0.15, 0.2) is 24.1 Å². The molecule has 18 heavy (non-hydrogen) atoms. The summed E-state index contributed by atoms with van der Waals surface area (Å²) < 4.78 is 12.5. The maximum absolute atomic E-state index is 13.8. The van der Waals surface area contributed by atoms with Crippen molar-refractivity contribution in [2.24, 2.45) is 5.41 Å². The standard InChI is InChI=1S/C10H14Cl2FN3OS/c1-4-9(17,8(2,3)10(11,12)13)5-16-7(18)14-6-15-16/h4,6,17H,1,5H2,2-3H3,(H,14,15,18). The van der Waals surface area contributed by atoms with Crippen LogP contribution in [0, 0.1) is 5.41 Å². The summed E-state index contributed by atoms with van der Waals surface area (Å²) in [4.78, 5) is 3.79. The minimum Gasteiger partial charge on any atom is -0.383 e. The molecule has 0 spiro atoms. The van der Waals surface area contributed by atoms with Crippen LogP contribution in [0.2, 0.25) is 0 Å². The molecule has 1 unspecified atom stereocenters. The first-order valence-corrected chi connectivity index (χ1v) is 6.25. The Morgan fingerprint density at radius 3 is 2.50 bits per heavy atom. The number of hydrogen-bond acceptors (Lipinski definition) is 4. The van der Waals surface area contributed by atoms with Crippen LogP contribution in [0.1, 0.15) is 13.8 Å². The van der Waals surface area contributed by atoms with Crippen LogP contribution < -0.4 is 0 Å². The number of thiol groups is 1. The molecule has 4 nitrogen and oxygen atoms in total. The van der Waals surface area contributed by atoms with E-state index in [1.165, 1.54) is 30.9 Å². The highest BCUT2D eigenvalue weighted by Gasteiger charge is 2.55. The Kier molecular flexibility index (Phi) is 4.37. The van der Waals surface area contributed by atoms with Crippen LogP contribution >= 0.6 is 35.8 Å². The smallest absolute Gasteiger partial charge is 0.265 e. The Balaban J connectivity index is 3.14. The molecule has 0 amide bonds. The van der Waals surface area contributed by atoms with Gasteiger partial charge < -0.3 is 5.11 Å². The SMILES string of the molecule is C=CC(O)(Cn1ncnc1S)C(C)(C)C(F)(Cl)Cl. The second kappa shape index (κ2) is 5.00. The van der Waals surface area contributed by atoms with E-state index in [-0.39, 0.29) is 11.7 Å². The number of hydrogen-bond donors (Lipinski definition) is 2. The highest BCUT2D eigenvalue weighted by molar-refractivity contribution is 7.80. The number of aliphatic hydroxyl groups is 1. The molecule has 0 bridgehead atoms. The topological polar surface area (TPSA) is 50.9 Å². The Morgan fingerprint density at radius 2 is 2.17 bits per heavy atom. The van der Waals surface area contributed by atoms with Crippen molar-refractivity contribution in [2.75, 3.05) is 0 Å². The molecule has 1 rings (SSSR count). The molecule has 1 aromatic heterocycles. The summed E-state index contributed by atoms with van der Waals surface area (Å²) in [5.74, 6) is 0. The van der Waals surface area contributed by atoms with Gasteiger partial charge in [-0.25, -0.2) is 14.1 Å². The fourth-order valence-electron chi connectivity index (χ4n) is 1.36. The van der Waals surface area contributed by atoms with Gasteiger partial charge in [0.2, 0.25) is 0 Å². The molecule has 0 aromatic carbocycles. The van der Waals surface area contributed by atoms with Gasteiger partial charge in [-0.3, -0.25) is 0 Å². The van der Waals surface area contributed by atoms with E-state index >= 15 is 0 Å². The summed E-state index contributed by atoms with van der Waals surface area (Å²) in [6.07, 6.45) is 2.45. The first-order valence-electron chi connectivity index (χ1n) is 5.04. The predicted octanol–water partition coefficient (Wildman–Crippen LogP) is 2.61. The van der Waals surface area contributed by atoms with Gasteiger partial charge in [0.25, 0.3) is 4.59 Å². The lowest BCUT2D eigenvalue weighted by Gasteiger charge is -2.43. The van der Waals surface area contributed by atoms with Crippen LogP contribution in [0.25, 0.3) is 0 Å². The molecular weight excluding hydrogens is 300 g/mol. The summed E-state index contributed by atoms with van der Waals surface area (Å²) in [5.41, 5.74) is -3.24.